The molecule has 0 aromatic heterocycles. The van der Waals surface area contributed by atoms with Gasteiger partial charge in [0.25, 0.3) is 0 Å². The van der Waals surface area contributed by atoms with Crippen molar-refractivity contribution in [3.63, 3.8) is 0 Å². The number of aliphatic carboxylic acids is 1. The lowest BCUT2D eigenvalue weighted by Gasteiger charge is -2.05. The van der Waals surface area contributed by atoms with Gasteiger partial charge in [-0.1, -0.05) is 64.0 Å². The Labute approximate surface area is 134 Å². The average Bonchev–Trinajstić information content (AvgIpc) is 3.22. The van der Waals surface area contributed by atoms with Gasteiger partial charge in [-0.3, -0.25) is 4.79 Å². The summed E-state index contributed by atoms with van der Waals surface area (Å²) < 4.78 is 5.56. The van der Waals surface area contributed by atoms with Gasteiger partial charge in [0.05, 0.1) is 12.2 Å². The summed E-state index contributed by atoms with van der Waals surface area (Å²) in [5.74, 6) is -0.712. The molecule has 0 amide bonds. The lowest BCUT2D eigenvalue weighted by Crippen LogP contribution is -2.02. The molecule has 1 saturated heterocycles. The summed E-state index contributed by atoms with van der Waals surface area (Å²) in [5, 5.41) is 18.4. The normalized spacial score (nSPS) is 22.1. The van der Waals surface area contributed by atoms with Crippen molar-refractivity contribution < 1.29 is 19.7 Å². The number of rotatable bonds is 14. The Morgan fingerprint density at radius 2 is 1.86 bits per heavy atom. The molecule has 1 heterocycles. The number of ether oxygens (including phenoxy) is 1. The average molecular weight is 312 g/mol. The van der Waals surface area contributed by atoms with E-state index in [1.54, 1.807) is 0 Å². The fourth-order valence-electron chi connectivity index (χ4n) is 2.65. The monoisotopic (exact) mass is 312 g/mol. The van der Waals surface area contributed by atoms with Gasteiger partial charge in [-0.15, -0.1) is 0 Å². The van der Waals surface area contributed by atoms with E-state index in [1.165, 1.54) is 19.3 Å². The van der Waals surface area contributed by atoms with E-state index in [0.717, 1.165) is 44.9 Å². The van der Waals surface area contributed by atoms with Gasteiger partial charge in [-0.25, -0.2) is 0 Å². The second-order valence-corrected chi connectivity index (χ2v) is 6.29. The van der Waals surface area contributed by atoms with E-state index < -0.39 is 5.97 Å². The SMILES string of the molecule is CCCCC[C@@H]1O[C@H]1/C=C/[C@H](O)CCCCCCCC(=O)O. The van der Waals surface area contributed by atoms with Gasteiger partial charge >= 0.3 is 5.97 Å². The van der Waals surface area contributed by atoms with Crippen molar-refractivity contribution in [1.29, 1.82) is 0 Å². The Kier molecular flexibility index (Phi) is 10.2. The zero-order chi connectivity index (χ0) is 16.2. The first-order valence-electron chi connectivity index (χ1n) is 8.87. The number of aliphatic hydroxyl groups is 1. The van der Waals surface area contributed by atoms with Crippen molar-refractivity contribution >= 4 is 5.97 Å². The fraction of sp³-hybridized carbons (Fsp3) is 0.833. The maximum atomic E-state index is 10.4. The van der Waals surface area contributed by atoms with Crippen molar-refractivity contribution in [1.82, 2.24) is 0 Å². The largest absolute Gasteiger partial charge is 0.481 e. The zero-order valence-electron chi connectivity index (χ0n) is 13.9. The summed E-state index contributed by atoms with van der Waals surface area (Å²) in [6.07, 6.45) is 14.9. The summed E-state index contributed by atoms with van der Waals surface area (Å²) in [4.78, 5) is 10.4. The number of aliphatic hydroxyl groups excluding tert-OH is 1. The number of hydrogen-bond acceptors (Lipinski definition) is 3. The molecule has 0 spiro atoms. The van der Waals surface area contributed by atoms with Crippen LogP contribution in [0.15, 0.2) is 12.2 Å². The predicted octanol–water partition coefficient (Wildman–Crippen LogP) is 4.07. The van der Waals surface area contributed by atoms with Crippen molar-refractivity contribution in [2.75, 3.05) is 0 Å². The second-order valence-electron chi connectivity index (χ2n) is 6.29. The molecule has 1 aliphatic heterocycles. The molecule has 0 aromatic rings. The molecule has 1 aliphatic rings. The maximum absolute atomic E-state index is 10.4. The summed E-state index contributed by atoms with van der Waals surface area (Å²) in [5.41, 5.74) is 0. The van der Waals surface area contributed by atoms with Gasteiger partial charge in [-0.05, 0) is 19.3 Å². The third kappa shape index (κ3) is 9.96. The summed E-state index contributed by atoms with van der Waals surface area (Å²) in [6.45, 7) is 2.20. The molecule has 1 fully saturated rings. The number of carboxylic acid groups (broad SMARTS) is 1. The fourth-order valence-corrected chi connectivity index (χ4v) is 2.65. The molecule has 2 N–H and O–H groups in total. The van der Waals surface area contributed by atoms with Gasteiger partial charge in [-0.2, -0.15) is 0 Å². The van der Waals surface area contributed by atoms with Crippen LogP contribution in [0.4, 0.5) is 0 Å². The highest BCUT2D eigenvalue weighted by Crippen LogP contribution is 2.28. The van der Waals surface area contributed by atoms with Gasteiger partial charge < -0.3 is 14.9 Å². The maximum Gasteiger partial charge on any atom is 0.303 e. The lowest BCUT2D eigenvalue weighted by molar-refractivity contribution is -0.137. The molecule has 1 rings (SSSR count). The van der Waals surface area contributed by atoms with Crippen LogP contribution in [-0.2, 0) is 9.53 Å². The minimum absolute atomic E-state index is 0.225. The van der Waals surface area contributed by atoms with Crippen molar-refractivity contribution in [2.24, 2.45) is 0 Å². The molecule has 4 nitrogen and oxygen atoms in total. The molecule has 3 atom stereocenters. The lowest BCUT2D eigenvalue weighted by atomic mass is 10.1. The van der Waals surface area contributed by atoms with Gasteiger partial charge in [0.15, 0.2) is 0 Å². The van der Waals surface area contributed by atoms with E-state index in [1.807, 2.05) is 12.2 Å². The number of carboxylic acids is 1. The van der Waals surface area contributed by atoms with Crippen LogP contribution in [0.3, 0.4) is 0 Å². The van der Waals surface area contributed by atoms with Crippen molar-refractivity contribution in [3.8, 4) is 0 Å². The van der Waals surface area contributed by atoms with Crippen molar-refractivity contribution in [3.05, 3.63) is 12.2 Å². The third-order valence-corrected chi connectivity index (χ3v) is 4.13. The van der Waals surface area contributed by atoms with Crippen LogP contribution >= 0.6 is 0 Å². The molecule has 128 valence electrons. The van der Waals surface area contributed by atoms with Crippen LogP contribution in [0.5, 0.6) is 0 Å². The van der Waals surface area contributed by atoms with E-state index in [2.05, 4.69) is 6.92 Å². The molecule has 0 unspecified atom stereocenters. The molecule has 4 heteroatoms. The minimum atomic E-state index is -0.712. The first-order valence-corrected chi connectivity index (χ1v) is 8.87. The highest BCUT2D eigenvalue weighted by molar-refractivity contribution is 5.66. The van der Waals surface area contributed by atoms with Crippen LogP contribution < -0.4 is 0 Å². The highest BCUT2D eigenvalue weighted by atomic mass is 16.6. The van der Waals surface area contributed by atoms with Crippen LogP contribution in [0.1, 0.15) is 77.6 Å². The van der Waals surface area contributed by atoms with E-state index in [0.29, 0.717) is 6.10 Å². The molecule has 0 bridgehead atoms. The van der Waals surface area contributed by atoms with Crippen LogP contribution in [0.25, 0.3) is 0 Å². The molecule has 0 radical (unpaired) electrons. The molecule has 22 heavy (non-hydrogen) atoms. The Morgan fingerprint density at radius 1 is 1.14 bits per heavy atom. The Hall–Kier alpha value is -0.870. The molecular weight excluding hydrogens is 280 g/mol. The molecule has 0 saturated carbocycles. The quantitative estimate of drug-likeness (QED) is 0.288. The summed E-state index contributed by atoms with van der Waals surface area (Å²) >= 11 is 0. The zero-order valence-corrected chi connectivity index (χ0v) is 13.9. The van der Waals surface area contributed by atoms with Crippen LogP contribution in [-0.4, -0.2) is 34.5 Å². The van der Waals surface area contributed by atoms with Gasteiger partial charge in [0, 0.05) is 6.42 Å². The summed E-state index contributed by atoms with van der Waals surface area (Å²) in [6, 6.07) is 0. The Morgan fingerprint density at radius 3 is 2.59 bits per heavy atom. The minimum Gasteiger partial charge on any atom is -0.481 e. The van der Waals surface area contributed by atoms with Crippen LogP contribution in [0, 0.1) is 0 Å². The summed E-state index contributed by atoms with van der Waals surface area (Å²) in [7, 11) is 0. The van der Waals surface area contributed by atoms with E-state index in [-0.39, 0.29) is 18.6 Å². The molecule has 0 aliphatic carbocycles. The second kappa shape index (κ2) is 11.7. The topological polar surface area (TPSA) is 70.1 Å². The highest BCUT2D eigenvalue weighted by Gasteiger charge is 2.35. The first-order chi connectivity index (χ1) is 10.6. The molecular formula is C18H32O4. The Balaban J connectivity index is 1.92. The first kappa shape index (κ1) is 19.2. The van der Waals surface area contributed by atoms with E-state index in [9.17, 15) is 9.90 Å². The number of hydrogen-bond donors (Lipinski definition) is 2. The van der Waals surface area contributed by atoms with Crippen LogP contribution in [0.2, 0.25) is 0 Å². The van der Waals surface area contributed by atoms with Gasteiger partial charge in [0.2, 0.25) is 0 Å². The Bertz CT molecular complexity index is 327. The smallest absolute Gasteiger partial charge is 0.303 e. The molecule has 0 aromatic carbocycles. The van der Waals surface area contributed by atoms with Crippen molar-refractivity contribution in [2.45, 2.75) is 95.9 Å². The van der Waals surface area contributed by atoms with Gasteiger partial charge in [0.1, 0.15) is 6.10 Å². The predicted molar refractivity (Wildman–Crippen MR) is 87.9 cm³/mol. The number of carbonyl (C=O) groups is 1. The third-order valence-electron chi connectivity index (χ3n) is 4.13. The number of unbranched alkanes of at least 4 members (excludes halogenated alkanes) is 6. The van der Waals surface area contributed by atoms with E-state index >= 15 is 0 Å². The van der Waals surface area contributed by atoms with E-state index in [4.69, 9.17) is 9.84 Å². The standard InChI is InChI=1S/C18H32O4/c1-2-3-7-11-16-17(22-16)14-13-15(19)10-8-5-4-6-9-12-18(20)21/h13-17,19H,2-12H2,1H3,(H,20,21)/b14-13+/t15-,16+,17+/m1/s1. The number of epoxide rings is 1.